The van der Waals surface area contributed by atoms with Gasteiger partial charge in [0.15, 0.2) is 0 Å². The third-order valence-corrected chi connectivity index (χ3v) is 3.02. The first-order valence-electron chi connectivity index (χ1n) is 6.50. The van der Waals surface area contributed by atoms with E-state index in [1.807, 2.05) is 20.8 Å². The van der Waals surface area contributed by atoms with Gasteiger partial charge in [0.1, 0.15) is 5.60 Å². The van der Waals surface area contributed by atoms with Crippen LogP contribution in [0, 0.1) is 5.92 Å². The average Bonchev–Trinajstić information content (AvgIpc) is 2.17. The van der Waals surface area contributed by atoms with E-state index in [9.17, 15) is 9.59 Å². The first-order valence-corrected chi connectivity index (χ1v) is 6.50. The summed E-state index contributed by atoms with van der Waals surface area (Å²) in [5.74, 6) is 0.626. The van der Waals surface area contributed by atoms with Gasteiger partial charge in [0, 0.05) is 19.5 Å². The summed E-state index contributed by atoms with van der Waals surface area (Å²) < 4.78 is 5.18. The Morgan fingerprint density at radius 1 is 1.28 bits per heavy atom. The smallest absolute Gasteiger partial charge is 0.407 e. The number of carbonyl (C=O) groups excluding carboxylic acids is 2. The molecule has 2 amide bonds. The van der Waals surface area contributed by atoms with Gasteiger partial charge in [-0.25, -0.2) is 4.79 Å². The lowest BCUT2D eigenvalue weighted by Crippen LogP contribution is -2.46. The Bertz CT molecular complexity index is 304. The minimum absolute atomic E-state index is 0.0820. The van der Waals surface area contributed by atoms with Gasteiger partial charge >= 0.3 is 6.09 Å². The molecule has 0 heterocycles. The third kappa shape index (κ3) is 5.38. The van der Waals surface area contributed by atoms with Gasteiger partial charge in [-0.15, -0.1) is 0 Å². The number of alkyl carbamates (subject to hydrolysis) is 1. The van der Waals surface area contributed by atoms with Crippen LogP contribution in [-0.4, -0.2) is 30.7 Å². The predicted molar refractivity (Wildman–Crippen MR) is 69.2 cm³/mol. The third-order valence-electron chi connectivity index (χ3n) is 3.02. The Hall–Kier alpha value is -1.26. The Morgan fingerprint density at radius 2 is 1.89 bits per heavy atom. The molecule has 0 spiro atoms. The normalized spacial score (nSPS) is 22.9. The van der Waals surface area contributed by atoms with Crippen LogP contribution in [-0.2, 0) is 9.53 Å². The Morgan fingerprint density at radius 3 is 2.39 bits per heavy atom. The summed E-state index contributed by atoms with van der Waals surface area (Å²) in [6.45, 7) is 5.54. The van der Waals surface area contributed by atoms with Crippen LogP contribution in [0.2, 0.25) is 0 Å². The Balaban J connectivity index is 2.12. The molecule has 1 saturated carbocycles. The highest BCUT2D eigenvalue weighted by atomic mass is 16.6. The first-order chi connectivity index (χ1) is 8.30. The maximum atomic E-state index is 11.5. The van der Waals surface area contributed by atoms with Crippen LogP contribution < -0.4 is 10.6 Å². The lowest BCUT2D eigenvalue weighted by Gasteiger charge is -2.36. The highest BCUT2D eigenvalue weighted by Crippen LogP contribution is 2.31. The molecule has 1 rings (SSSR count). The van der Waals surface area contributed by atoms with Crippen LogP contribution in [0.3, 0.4) is 0 Å². The molecule has 0 aromatic rings. The van der Waals surface area contributed by atoms with Gasteiger partial charge in [0.25, 0.3) is 0 Å². The van der Waals surface area contributed by atoms with Gasteiger partial charge < -0.3 is 15.4 Å². The largest absolute Gasteiger partial charge is 0.444 e. The van der Waals surface area contributed by atoms with E-state index in [1.54, 1.807) is 7.05 Å². The molecule has 0 aromatic heterocycles. The van der Waals surface area contributed by atoms with Crippen molar-refractivity contribution in [3.8, 4) is 0 Å². The predicted octanol–water partition coefficient (Wildman–Crippen LogP) is 1.82. The van der Waals surface area contributed by atoms with Crippen molar-refractivity contribution in [1.29, 1.82) is 0 Å². The van der Waals surface area contributed by atoms with Gasteiger partial charge in [0.2, 0.25) is 5.91 Å². The average molecular weight is 256 g/mol. The molecule has 0 bridgehead atoms. The second kappa shape index (κ2) is 6.07. The second-order valence-electron chi connectivity index (χ2n) is 5.89. The van der Waals surface area contributed by atoms with E-state index in [-0.39, 0.29) is 18.0 Å². The molecule has 5 heteroatoms. The fourth-order valence-electron chi connectivity index (χ4n) is 2.02. The number of hydrogen-bond acceptors (Lipinski definition) is 3. The van der Waals surface area contributed by atoms with Crippen molar-refractivity contribution in [3.63, 3.8) is 0 Å². The number of nitrogens with one attached hydrogen (secondary N) is 2. The number of hydrogen-bond donors (Lipinski definition) is 2. The Labute approximate surface area is 109 Å². The van der Waals surface area contributed by atoms with Crippen LogP contribution in [0.4, 0.5) is 4.79 Å². The SMILES string of the molecule is CNC(=O)CC[C@H]1C[C@@H](NC(=O)OC(C)(C)C)C1. The molecule has 1 fully saturated rings. The highest BCUT2D eigenvalue weighted by Gasteiger charge is 2.31. The van der Waals surface area contributed by atoms with E-state index in [1.165, 1.54) is 0 Å². The standard InChI is InChI=1S/C13H24N2O3/c1-13(2,3)18-12(17)15-10-7-9(8-10)5-6-11(16)14-4/h9-10H,5-8H2,1-4H3,(H,14,16)(H,15,17)/t9-,10+. The zero-order chi connectivity index (χ0) is 13.8. The van der Waals surface area contributed by atoms with Crippen molar-refractivity contribution < 1.29 is 14.3 Å². The zero-order valence-corrected chi connectivity index (χ0v) is 11.7. The topological polar surface area (TPSA) is 67.4 Å². The number of carbonyl (C=O) groups is 2. The van der Waals surface area contributed by atoms with Crippen molar-refractivity contribution in [1.82, 2.24) is 10.6 Å². The van der Waals surface area contributed by atoms with Crippen molar-refractivity contribution in [3.05, 3.63) is 0 Å². The molecule has 0 aromatic carbocycles. The molecule has 0 unspecified atom stereocenters. The monoisotopic (exact) mass is 256 g/mol. The van der Waals surface area contributed by atoms with Crippen molar-refractivity contribution >= 4 is 12.0 Å². The minimum Gasteiger partial charge on any atom is -0.444 e. The summed E-state index contributed by atoms with van der Waals surface area (Å²) in [6, 6.07) is 0.203. The Kier molecular flexibility index (Phi) is 4.99. The highest BCUT2D eigenvalue weighted by molar-refractivity contribution is 5.75. The van der Waals surface area contributed by atoms with E-state index in [2.05, 4.69) is 10.6 Å². The molecule has 5 nitrogen and oxygen atoms in total. The van der Waals surface area contributed by atoms with Crippen LogP contribution in [0.25, 0.3) is 0 Å². The number of amides is 2. The van der Waals surface area contributed by atoms with Crippen LogP contribution >= 0.6 is 0 Å². The maximum Gasteiger partial charge on any atom is 0.407 e. The molecule has 2 N–H and O–H groups in total. The van der Waals surface area contributed by atoms with E-state index in [4.69, 9.17) is 4.74 Å². The molecular formula is C13H24N2O3. The summed E-state index contributed by atoms with van der Waals surface area (Å²) in [5, 5.41) is 5.45. The van der Waals surface area contributed by atoms with Gasteiger partial charge in [-0.2, -0.15) is 0 Å². The molecular weight excluding hydrogens is 232 g/mol. The van der Waals surface area contributed by atoms with E-state index < -0.39 is 5.60 Å². The van der Waals surface area contributed by atoms with E-state index in [0.29, 0.717) is 12.3 Å². The number of rotatable bonds is 4. The van der Waals surface area contributed by atoms with Gasteiger partial charge in [-0.3, -0.25) is 4.79 Å². The van der Waals surface area contributed by atoms with Crippen molar-refractivity contribution in [2.75, 3.05) is 7.05 Å². The van der Waals surface area contributed by atoms with Crippen molar-refractivity contribution in [2.24, 2.45) is 5.92 Å². The molecule has 0 radical (unpaired) electrons. The molecule has 18 heavy (non-hydrogen) atoms. The first kappa shape index (κ1) is 14.8. The minimum atomic E-state index is -0.452. The van der Waals surface area contributed by atoms with Crippen LogP contribution in [0.5, 0.6) is 0 Å². The molecule has 1 aliphatic carbocycles. The molecule has 0 aliphatic heterocycles. The summed E-state index contributed by atoms with van der Waals surface area (Å²) in [4.78, 5) is 22.6. The van der Waals surface area contributed by atoms with Crippen molar-refractivity contribution in [2.45, 2.75) is 58.1 Å². The fourth-order valence-corrected chi connectivity index (χ4v) is 2.02. The van der Waals surface area contributed by atoms with Crippen LogP contribution in [0.15, 0.2) is 0 Å². The lowest BCUT2D eigenvalue weighted by molar-refractivity contribution is -0.121. The zero-order valence-electron chi connectivity index (χ0n) is 11.7. The lowest BCUT2D eigenvalue weighted by atomic mass is 9.77. The quantitative estimate of drug-likeness (QED) is 0.806. The molecule has 104 valence electrons. The summed E-state index contributed by atoms with van der Waals surface area (Å²) >= 11 is 0. The fraction of sp³-hybridized carbons (Fsp3) is 0.846. The summed E-state index contributed by atoms with van der Waals surface area (Å²) in [5.41, 5.74) is -0.452. The summed E-state index contributed by atoms with van der Waals surface area (Å²) in [7, 11) is 1.65. The second-order valence-corrected chi connectivity index (χ2v) is 5.89. The molecule has 1 aliphatic rings. The molecule has 0 atom stereocenters. The molecule has 0 saturated heterocycles. The maximum absolute atomic E-state index is 11.5. The van der Waals surface area contributed by atoms with Gasteiger partial charge in [0.05, 0.1) is 0 Å². The number of ether oxygens (including phenoxy) is 1. The summed E-state index contributed by atoms with van der Waals surface area (Å²) in [6.07, 6.45) is 3.00. The van der Waals surface area contributed by atoms with Gasteiger partial charge in [-0.1, -0.05) is 0 Å². The van der Waals surface area contributed by atoms with E-state index >= 15 is 0 Å². The van der Waals surface area contributed by atoms with Gasteiger partial charge in [-0.05, 0) is 46.0 Å². The van der Waals surface area contributed by atoms with Crippen LogP contribution in [0.1, 0.15) is 46.5 Å². The van der Waals surface area contributed by atoms with E-state index in [0.717, 1.165) is 19.3 Å².